The molecule has 0 amide bonds. The maximum atomic E-state index is 12.0. The molecule has 0 bridgehead atoms. The summed E-state index contributed by atoms with van der Waals surface area (Å²) in [6.45, 7) is 3.62. The van der Waals surface area contributed by atoms with Crippen molar-refractivity contribution >= 4 is 17.1 Å². The minimum atomic E-state index is -0.513. The van der Waals surface area contributed by atoms with E-state index in [1.807, 2.05) is 6.92 Å². The molecule has 0 saturated heterocycles. The SMILES string of the molecule is Cc1cc(-c2nnc(COC(=O)CCn3c(=O)oc4ccccc43)o2)c(C)o1. The van der Waals surface area contributed by atoms with E-state index in [0.717, 1.165) is 5.76 Å². The van der Waals surface area contributed by atoms with Crippen molar-refractivity contribution in [1.29, 1.82) is 0 Å². The van der Waals surface area contributed by atoms with Crippen LogP contribution in [0.5, 0.6) is 0 Å². The second kappa shape index (κ2) is 7.18. The first-order valence-corrected chi connectivity index (χ1v) is 8.65. The average Bonchev–Trinajstić information content (AvgIpc) is 3.35. The number of oxazole rings is 1. The number of esters is 1. The molecule has 3 heterocycles. The smallest absolute Gasteiger partial charge is 0.419 e. The Morgan fingerprint density at radius 3 is 2.75 bits per heavy atom. The zero-order valence-electron chi connectivity index (χ0n) is 15.3. The molecule has 9 nitrogen and oxygen atoms in total. The number of hydrogen-bond donors (Lipinski definition) is 0. The number of benzene rings is 1. The van der Waals surface area contributed by atoms with Crippen LogP contribution in [-0.4, -0.2) is 20.7 Å². The van der Waals surface area contributed by atoms with Gasteiger partial charge in [0.25, 0.3) is 11.8 Å². The molecule has 1 aromatic carbocycles. The van der Waals surface area contributed by atoms with Crippen molar-refractivity contribution in [3.05, 3.63) is 58.3 Å². The molecular formula is C19H17N3O6. The van der Waals surface area contributed by atoms with Crippen LogP contribution in [0.15, 0.2) is 48.4 Å². The van der Waals surface area contributed by atoms with Gasteiger partial charge >= 0.3 is 11.7 Å². The standard InChI is InChI=1S/C19H17N3O6/c1-11-9-13(12(2)26-11)18-21-20-16(28-18)10-25-17(23)7-8-22-14-5-3-4-6-15(14)27-19(22)24/h3-6,9H,7-8,10H2,1-2H3. The van der Waals surface area contributed by atoms with E-state index in [9.17, 15) is 9.59 Å². The Bertz CT molecular complexity index is 1200. The summed E-state index contributed by atoms with van der Waals surface area (Å²) in [6, 6.07) is 8.82. The number of carbonyl (C=O) groups is 1. The molecule has 4 aromatic rings. The number of ether oxygens (including phenoxy) is 1. The normalized spacial score (nSPS) is 11.2. The van der Waals surface area contributed by atoms with E-state index in [0.29, 0.717) is 28.3 Å². The maximum Gasteiger partial charge on any atom is 0.419 e. The molecule has 0 atom stereocenters. The van der Waals surface area contributed by atoms with Gasteiger partial charge in [0.05, 0.1) is 17.5 Å². The topological polar surface area (TPSA) is 114 Å². The molecule has 0 spiro atoms. The number of aromatic nitrogens is 3. The van der Waals surface area contributed by atoms with Gasteiger partial charge in [-0.2, -0.15) is 0 Å². The van der Waals surface area contributed by atoms with Crippen LogP contribution in [0.1, 0.15) is 23.8 Å². The quantitative estimate of drug-likeness (QED) is 0.467. The zero-order valence-corrected chi connectivity index (χ0v) is 15.3. The first-order chi connectivity index (χ1) is 13.5. The average molecular weight is 383 g/mol. The fourth-order valence-electron chi connectivity index (χ4n) is 2.91. The molecular weight excluding hydrogens is 366 g/mol. The molecule has 0 unspecified atom stereocenters. The van der Waals surface area contributed by atoms with E-state index in [2.05, 4.69) is 10.2 Å². The van der Waals surface area contributed by atoms with E-state index < -0.39 is 11.7 Å². The van der Waals surface area contributed by atoms with Crippen molar-refractivity contribution in [2.75, 3.05) is 0 Å². The summed E-state index contributed by atoms with van der Waals surface area (Å²) < 4.78 is 22.6. The van der Waals surface area contributed by atoms with Crippen molar-refractivity contribution in [2.24, 2.45) is 0 Å². The number of nitrogens with zero attached hydrogens (tertiary/aromatic N) is 3. The highest BCUT2D eigenvalue weighted by molar-refractivity contribution is 5.73. The Balaban J connectivity index is 1.35. The molecule has 144 valence electrons. The molecule has 3 aromatic heterocycles. The van der Waals surface area contributed by atoms with E-state index in [-0.39, 0.29) is 25.5 Å². The number of carbonyl (C=O) groups excluding carboxylic acids is 1. The third kappa shape index (κ3) is 3.46. The molecule has 0 aliphatic carbocycles. The van der Waals surface area contributed by atoms with E-state index in [1.165, 1.54) is 4.57 Å². The van der Waals surface area contributed by atoms with Crippen LogP contribution in [0.4, 0.5) is 0 Å². The lowest BCUT2D eigenvalue weighted by Gasteiger charge is -2.03. The van der Waals surface area contributed by atoms with Crippen LogP contribution in [0.2, 0.25) is 0 Å². The summed E-state index contributed by atoms with van der Waals surface area (Å²) in [5, 5.41) is 7.82. The summed E-state index contributed by atoms with van der Waals surface area (Å²) in [5.41, 5.74) is 1.81. The van der Waals surface area contributed by atoms with Gasteiger partial charge < -0.3 is 18.0 Å². The van der Waals surface area contributed by atoms with Gasteiger partial charge in [0.1, 0.15) is 11.5 Å². The maximum absolute atomic E-state index is 12.0. The molecule has 0 aliphatic rings. The lowest BCUT2D eigenvalue weighted by molar-refractivity contribution is -0.145. The number of rotatable bonds is 6. The summed E-state index contributed by atoms with van der Waals surface area (Å²) in [6.07, 6.45) is 0.00443. The third-order valence-electron chi connectivity index (χ3n) is 4.21. The van der Waals surface area contributed by atoms with Crippen molar-refractivity contribution in [2.45, 2.75) is 33.4 Å². The molecule has 4 rings (SSSR count). The molecule has 0 fully saturated rings. The predicted molar refractivity (Wildman–Crippen MR) is 96.4 cm³/mol. The van der Waals surface area contributed by atoms with Crippen LogP contribution in [0, 0.1) is 13.8 Å². The second-order valence-electron chi connectivity index (χ2n) is 6.23. The Morgan fingerprint density at radius 1 is 1.14 bits per heavy atom. The van der Waals surface area contributed by atoms with Gasteiger partial charge in [-0.25, -0.2) is 4.79 Å². The van der Waals surface area contributed by atoms with Crippen LogP contribution < -0.4 is 5.76 Å². The number of hydrogen-bond acceptors (Lipinski definition) is 8. The Hall–Kier alpha value is -3.62. The van der Waals surface area contributed by atoms with Crippen LogP contribution in [0.25, 0.3) is 22.6 Å². The summed E-state index contributed by atoms with van der Waals surface area (Å²) in [7, 11) is 0. The fourth-order valence-corrected chi connectivity index (χ4v) is 2.91. The van der Waals surface area contributed by atoms with E-state index in [1.54, 1.807) is 37.3 Å². The van der Waals surface area contributed by atoms with Gasteiger partial charge in [0.2, 0.25) is 0 Å². The summed E-state index contributed by atoms with van der Waals surface area (Å²) in [5.74, 6) is 0.876. The summed E-state index contributed by atoms with van der Waals surface area (Å²) in [4.78, 5) is 23.9. The Morgan fingerprint density at radius 2 is 1.96 bits per heavy atom. The highest BCUT2D eigenvalue weighted by atomic mass is 16.5. The molecule has 0 N–H and O–H groups in total. The molecule has 0 aliphatic heterocycles. The molecule has 28 heavy (non-hydrogen) atoms. The van der Waals surface area contributed by atoms with E-state index in [4.69, 9.17) is 18.0 Å². The number of aryl methyl sites for hydroxylation is 3. The Kier molecular flexibility index (Phi) is 4.56. The van der Waals surface area contributed by atoms with Gasteiger partial charge in [-0.3, -0.25) is 9.36 Å². The number of furan rings is 1. The first-order valence-electron chi connectivity index (χ1n) is 8.65. The van der Waals surface area contributed by atoms with E-state index >= 15 is 0 Å². The van der Waals surface area contributed by atoms with Gasteiger partial charge in [0.15, 0.2) is 12.2 Å². The Labute approximate surface area is 158 Å². The second-order valence-corrected chi connectivity index (χ2v) is 6.23. The van der Waals surface area contributed by atoms with Crippen molar-refractivity contribution in [3.63, 3.8) is 0 Å². The largest absolute Gasteiger partial charge is 0.466 e. The van der Waals surface area contributed by atoms with Crippen LogP contribution >= 0.6 is 0 Å². The highest BCUT2D eigenvalue weighted by Gasteiger charge is 2.16. The molecule has 0 saturated carbocycles. The minimum Gasteiger partial charge on any atom is -0.466 e. The first kappa shape index (κ1) is 17.8. The zero-order chi connectivity index (χ0) is 19.7. The van der Waals surface area contributed by atoms with Gasteiger partial charge in [0, 0.05) is 6.54 Å². The van der Waals surface area contributed by atoms with Gasteiger partial charge in [-0.15, -0.1) is 10.2 Å². The summed E-state index contributed by atoms with van der Waals surface area (Å²) >= 11 is 0. The number of fused-ring (bicyclic) bond motifs is 1. The lowest BCUT2D eigenvalue weighted by Crippen LogP contribution is -2.17. The van der Waals surface area contributed by atoms with Crippen molar-refractivity contribution in [3.8, 4) is 11.5 Å². The highest BCUT2D eigenvalue weighted by Crippen LogP contribution is 2.25. The minimum absolute atomic E-state index is 0.00443. The fraction of sp³-hybridized carbons (Fsp3) is 0.263. The predicted octanol–water partition coefficient (Wildman–Crippen LogP) is 2.99. The monoisotopic (exact) mass is 383 g/mol. The van der Waals surface area contributed by atoms with Gasteiger partial charge in [-0.1, -0.05) is 12.1 Å². The van der Waals surface area contributed by atoms with Crippen LogP contribution in [0.3, 0.4) is 0 Å². The van der Waals surface area contributed by atoms with Crippen molar-refractivity contribution in [1.82, 2.24) is 14.8 Å². The van der Waals surface area contributed by atoms with Crippen molar-refractivity contribution < 1.29 is 22.8 Å². The third-order valence-corrected chi connectivity index (χ3v) is 4.21. The van der Waals surface area contributed by atoms with Gasteiger partial charge in [-0.05, 0) is 32.0 Å². The van der Waals surface area contributed by atoms with Crippen LogP contribution in [-0.2, 0) is 22.7 Å². The lowest BCUT2D eigenvalue weighted by atomic mass is 10.2. The molecule has 0 radical (unpaired) electrons. The number of para-hydroxylation sites is 2. The molecule has 9 heteroatoms.